The summed E-state index contributed by atoms with van der Waals surface area (Å²) >= 11 is 0. The summed E-state index contributed by atoms with van der Waals surface area (Å²) in [4.78, 5) is 1.61. The number of benzene rings is 1. The summed E-state index contributed by atoms with van der Waals surface area (Å²) in [5.41, 5.74) is 2.29. The molecule has 0 radical (unpaired) electrons. The van der Waals surface area contributed by atoms with Gasteiger partial charge in [-0.25, -0.2) is 9.07 Å². The quantitative estimate of drug-likeness (QED) is 0.699. The monoisotopic (exact) mass is 228 g/mol. The fourth-order valence-corrected chi connectivity index (χ4v) is 2.05. The Labute approximate surface area is 97.5 Å². The van der Waals surface area contributed by atoms with Crippen LogP contribution in [0.3, 0.4) is 0 Å². The van der Waals surface area contributed by atoms with Crippen LogP contribution in [0.15, 0.2) is 30.5 Å². The number of nitriles is 1. The van der Waals surface area contributed by atoms with Crippen LogP contribution < -0.4 is 0 Å². The third-order valence-corrected chi connectivity index (χ3v) is 2.88. The van der Waals surface area contributed by atoms with Crippen molar-refractivity contribution in [2.45, 2.75) is 13.1 Å². The van der Waals surface area contributed by atoms with Gasteiger partial charge in [0.05, 0.1) is 25.0 Å². The SMILES string of the molecule is N#CN1Cc2cnn(-c3ccccc3F)c2C1. The molecule has 3 rings (SSSR count). The second-order valence-corrected chi connectivity index (χ2v) is 3.94. The summed E-state index contributed by atoms with van der Waals surface area (Å²) in [6.07, 6.45) is 3.78. The molecule has 84 valence electrons. The first kappa shape index (κ1) is 9.85. The first-order chi connectivity index (χ1) is 8.29. The van der Waals surface area contributed by atoms with E-state index in [1.54, 1.807) is 34.0 Å². The lowest BCUT2D eigenvalue weighted by Crippen LogP contribution is -2.11. The van der Waals surface area contributed by atoms with E-state index in [0.29, 0.717) is 18.8 Å². The van der Waals surface area contributed by atoms with Gasteiger partial charge in [-0.2, -0.15) is 10.4 Å². The van der Waals surface area contributed by atoms with E-state index in [1.807, 2.05) is 0 Å². The van der Waals surface area contributed by atoms with Crippen LogP contribution in [0.1, 0.15) is 11.3 Å². The molecule has 17 heavy (non-hydrogen) atoms. The fraction of sp³-hybridized carbons (Fsp3) is 0.167. The number of hydrogen-bond donors (Lipinski definition) is 0. The van der Waals surface area contributed by atoms with Gasteiger partial charge in [-0.15, -0.1) is 0 Å². The maximum atomic E-state index is 13.7. The van der Waals surface area contributed by atoms with E-state index in [2.05, 4.69) is 11.3 Å². The molecule has 0 N–H and O–H groups in total. The number of fused-ring (bicyclic) bond motifs is 1. The van der Waals surface area contributed by atoms with E-state index in [4.69, 9.17) is 5.26 Å². The molecular formula is C12H9FN4. The van der Waals surface area contributed by atoms with Crippen molar-refractivity contribution in [1.82, 2.24) is 14.7 Å². The van der Waals surface area contributed by atoms with Crippen molar-refractivity contribution in [3.8, 4) is 11.9 Å². The number of rotatable bonds is 1. The largest absolute Gasteiger partial charge is 0.300 e. The molecule has 0 unspecified atom stereocenters. The maximum Gasteiger partial charge on any atom is 0.180 e. The van der Waals surface area contributed by atoms with Crippen molar-refractivity contribution < 1.29 is 4.39 Å². The molecule has 1 aromatic carbocycles. The van der Waals surface area contributed by atoms with E-state index >= 15 is 0 Å². The van der Waals surface area contributed by atoms with Crippen molar-refractivity contribution >= 4 is 0 Å². The van der Waals surface area contributed by atoms with Gasteiger partial charge >= 0.3 is 0 Å². The lowest BCUT2D eigenvalue weighted by molar-refractivity contribution is 0.407. The standard InChI is InChI=1S/C12H9FN4/c13-10-3-1-2-4-11(10)17-12-7-16(8-14)6-9(12)5-15-17/h1-5H,6-7H2. The Bertz CT molecular complexity index is 611. The molecule has 0 saturated heterocycles. The lowest BCUT2D eigenvalue weighted by atomic mass is 10.2. The van der Waals surface area contributed by atoms with Crippen LogP contribution in [0, 0.1) is 17.3 Å². The molecule has 1 aromatic heterocycles. The van der Waals surface area contributed by atoms with E-state index < -0.39 is 0 Å². The van der Waals surface area contributed by atoms with Gasteiger partial charge in [-0.05, 0) is 12.1 Å². The van der Waals surface area contributed by atoms with Gasteiger partial charge in [-0.1, -0.05) is 12.1 Å². The molecule has 0 atom stereocenters. The van der Waals surface area contributed by atoms with Gasteiger partial charge in [0.15, 0.2) is 6.19 Å². The van der Waals surface area contributed by atoms with Crippen LogP contribution in [-0.2, 0) is 13.1 Å². The Balaban J connectivity index is 2.09. The second-order valence-electron chi connectivity index (χ2n) is 3.94. The Morgan fingerprint density at radius 2 is 2.12 bits per heavy atom. The van der Waals surface area contributed by atoms with Crippen LogP contribution >= 0.6 is 0 Å². The third-order valence-electron chi connectivity index (χ3n) is 2.88. The summed E-state index contributed by atoms with van der Waals surface area (Å²) in [5, 5.41) is 13.0. The highest BCUT2D eigenvalue weighted by Crippen LogP contribution is 2.25. The molecule has 4 nitrogen and oxygen atoms in total. The number of para-hydroxylation sites is 1. The molecule has 0 spiro atoms. The predicted molar refractivity (Wildman–Crippen MR) is 58.4 cm³/mol. The summed E-state index contributed by atoms with van der Waals surface area (Å²) in [7, 11) is 0. The molecular weight excluding hydrogens is 219 g/mol. The molecule has 1 aliphatic rings. The number of halogens is 1. The molecule has 0 aliphatic carbocycles. The Hall–Kier alpha value is -2.35. The van der Waals surface area contributed by atoms with E-state index in [9.17, 15) is 4.39 Å². The Morgan fingerprint density at radius 3 is 2.88 bits per heavy atom. The average molecular weight is 228 g/mol. The van der Waals surface area contributed by atoms with Crippen molar-refractivity contribution in [3.05, 3.63) is 47.5 Å². The number of nitrogens with zero attached hydrogens (tertiary/aromatic N) is 4. The predicted octanol–water partition coefficient (Wildman–Crippen LogP) is 1.81. The summed E-state index contributed by atoms with van der Waals surface area (Å²) in [6, 6.07) is 6.49. The van der Waals surface area contributed by atoms with Crippen LogP contribution in [0.5, 0.6) is 0 Å². The number of hydrogen-bond acceptors (Lipinski definition) is 3. The molecule has 1 aliphatic heterocycles. The van der Waals surface area contributed by atoms with Gasteiger partial charge in [0.25, 0.3) is 0 Å². The smallest absolute Gasteiger partial charge is 0.180 e. The highest BCUT2D eigenvalue weighted by atomic mass is 19.1. The zero-order chi connectivity index (χ0) is 11.8. The van der Waals surface area contributed by atoms with Gasteiger partial charge in [0.2, 0.25) is 0 Å². The minimum Gasteiger partial charge on any atom is -0.300 e. The van der Waals surface area contributed by atoms with Gasteiger partial charge in [0.1, 0.15) is 11.5 Å². The van der Waals surface area contributed by atoms with Crippen LogP contribution in [0.25, 0.3) is 5.69 Å². The van der Waals surface area contributed by atoms with Crippen molar-refractivity contribution in [1.29, 1.82) is 5.26 Å². The Kier molecular flexibility index (Phi) is 2.08. The molecule has 0 bridgehead atoms. The maximum absolute atomic E-state index is 13.7. The normalized spacial score (nSPS) is 13.5. The molecule has 0 fully saturated rings. The highest BCUT2D eigenvalue weighted by molar-refractivity contribution is 5.37. The van der Waals surface area contributed by atoms with Gasteiger partial charge < -0.3 is 4.90 Å². The average Bonchev–Trinajstić information content (AvgIpc) is 2.89. The van der Waals surface area contributed by atoms with E-state index in [-0.39, 0.29) is 5.82 Å². The summed E-state index contributed by atoms with van der Waals surface area (Å²) < 4.78 is 15.2. The lowest BCUT2D eigenvalue weighted by Gasteiger charge is -2.08. The molecule has 2 heterocycles. The molecule has 0 saturated carbocycles. The van der Waals surface area contributed by atoms with Gasteiger partial charge in [0, 0.05) is 5.56 Å². The van der Waals surface area contributed by atoms with Crippen LogP contribution in [-0.4, -0.2) is 14.7 Å². The third kappa shape index (κ3) is 1.46. The minimum atomic E-state index is -0.311. The fourth-order valence-electron chi connectivity index (χ4n) is 2.05. The zero-order valence-electron chi connectivity index (χ0n) is 8.97. The Morgan fingerprint density at radius 1 is 1.29 bits per heavy atom. The van der Waals surface area contributed by atoms with Crippen molar-refractivity contribution in [3.63, 3.8) is 0 Å². The molecule has 5 heteroatoms. The first-order valence-electron chi connectivity index (χ1n) is 5.25. The first-order valence-corrected chi connectivity index (χ1v) is 5.25. The number of aromatic nitrogens is 2. The van der Waals surface area contributed by atoms with Crippen molar-refractivity contribution in [2.75, 3.05) is 0 Å². The summed E-state index contributed by atoms with van der Waals surface area (Å²) in [6.45, 7) is 1.04. The van der Waals surface area contributed by atoms with Crippen molar-refractivity contribution in [2.24, 2.45) is 0 Å². The molecule has 2 aromatic rings. The van der Waals surface area contributed by atoms with Gasteiger partial charge in [-0.3, -0.25) is 0 Å². The summed E-state index contributed by atoms with van der Waals surface area (Å²) in [5.74, 6) is -0.311. The van der Waals surface area contributed by atoms with E-state index in [1.165, 1.54) is 6.07 Å². The minimum absolute atomic E-state index is 0.311. The second kappa shape index (κ2) is 3.59. The zero-order valence-corrected chi connectivity index (χ0v) is 8.97. The van der Waals surface area contributed by atoms with Crippen LogP contribution in [0.2, 0.25) is 0 Å². The molecule has 0 amide bonds. The van der Waals surface area contributed by atoms with Crippen LogP contribution in [0.4, 0.5) is 4.39 Å². The highest BCUT2D eigenvalue weighted by Gasteiger charge is 2.24. The van der Waals surface area contributed by atoms with E-state index in [0.717, 1.165) is 11.3 Å². The topological polar surface area (TPSA) is 44.9 Å².